The molecule has 0 atom stereocenters. The molecule has 1 N–H and O–H groups in total. The van der Waals surface area contributed by atoms with Crippen molar-refractivity contribution in [1.82, 2.24) is 10.3 Å². The number of rotatable bonds is 6. The third kappa shape index (κ3) is 4.58. The Morgan fingerprint density at radius 2 is 2.26 bits per heavy atom. The number of aromatic nitrogens is 1. The van der Waals surface area contributed by atoms with E-state index in [1.165, 1.54) is 0 Å². The second-order valence-electron chi connectivity index (χ2n) is 4.69. The Hall–Kier alpha value is -1.52. The van der Waals surface area contributed by atoms with E-state index in [1.807, 2.05) is 6.07 Å². The van der Waals surface area contributed by atoms with Gasteiger partial charge in [0.2, 0.25) is 0 Å². The largest absolute Gasteiger partial charge is 0.417 e. The summed E-state index contributed by atoms with van der Waals surface area (Å²) >= 11 is 5.87. The molecular formula is C14H17ClN2O2. The van der Waals surface area contributed by atoms with Crippen LogP contribution in [0.25, 0.3) is 0 Å². The third-order valence-electron chi connectivity index (χ3n) is 2.39. The molecule has 0 saturated carbocycles. The number of oxazole rings is 1. The van der Waals surface area contributed by atoms with E-state index in [4.69, 9.17) is 20.8 Å². The first-order valence-corrected chi connectivity index (χ1v) is 6.60. The summed E-state index contributed by atoms with van der Waals surface area (Å²) in [6.07, 6.45) is 1.82. The second kappa shape index (κ2) is 6.59. The molecule has 1 aromatic heterocycles. The molecule has 2 rings (SSSR count). The smallest absolute Gasteiger partial charge is 0.399 e. The summed E-state index contributed by atoms with van der Waals surface area (Å²) in [6.45, 7) is 5.92. The lowest BCUT2D eigenvalue weighted by Gasteiger charge is -2.04. The predicted octanol–water partition coefficient (Wildman–Crippen LogP) is 3.87. The van der Waals surface area contributed by atoms with E-state index in [-0.39, 0.29) is 6.08 Å². The lowest BCUT2D eigenvalue weighted by molar-refractivity contribution is 0.331. The van der Waals surface area contributed by atoms with Crippen molar-refractivity contribution < 1.29 is 9.15 Å². The quantitative estimate of drug-likeness (QED) is 0.873. The van der Waals surface area contributed by atoms with Crippen molar-refractivity contribution in [3.05, 3.63) is 41.2 Å². The molecule has 2 aromatic rings. The molecule has 0 amide bonds. The molecule has 0 unspecified atom stereocenters. The summed E-state index contributed by atoms with van der Waals surface area (Å²) in [6, 6.07) is 7.10. The van der Waals surface area contributed by atoms with Crippen LogP contribution < -0.4 is 10.1 Å². The zero-order valence-corrected chi connectivity index (χ0v) is 11.8. The van der Waals surface area contributed by atoms with Crippen molar-refractivity contribution >= 4 is 11.6 Å². The molecule has 0 fully saturated rings. The highest BCUT2D eigenvalue weighted by Crippen LogP contribution is 2.23. The third-order valence-corrected chi connectivity index (χ3v) is 2.63. The highest BCUT2D eigenvalue weighted by atomic mass is 35.5. The van der Waals surface area contributed by atoms with Crippen LogP contribution in [-0.2, 0) is 6.54 Å². The lowest BCUT2D eigenvalue weighted by atomic mass is 10.2. The van der Waals surface area contributed by atoms with E-state index >= 15 is 0 Å². The minimum absolute atomic E-state index is 0.226. The maximum atomic E-state index is 5.87. The van der Waals surface area contributed by atoms with Crippen LogP contribution in [0.2, 0.25) is 5.02 Å². The molecule has 4 nitrogen and oxygen atoms in total. The maximum Gasteiger partial charge on any atom is 0.399 e. The van der Waals surface area contributed by atoms with Gasteiger partial charge in [0.15, 0.2) is 0 Å². The molecule has 1 aromatic carbocycles. The molecule has 0 spiro atoms. The van der Waals surface area contributed by atoms with Crippen LogP contribution >= 0.6 is 11.6 Å². The number of hydrogen-bond donors (Lipinski definition) is 1. The summed E-state index contributed by atoms with van der Waals surface area (Å²) in [7, 11) is 0. The number of benzene rings is 1. The first kappa shape index (κ1) is 13.9. The minimum Gasteiger partial charge on any atom is -0.417 e. The van der Waals surface area contributed by atoms with Gasteiger partial charge in [0.25, 0.3) is 0 Å². The van der Waals surface area contributed by atoms with Gasteiger partial charge in [-0.05, 0) is 30.7 Å². The normalized spacial score (nSPS) is 10.9. The Kier molecular flexibility index (Phi) is 4.82. The van der Waals surface area contributed by atoms with Gasteiger partial charge in [0.05, 0.1) is 5.69 Å². The van der Waals surface area contributed by atoms with E-state index in [0.717, 1.165) is 12.2 Å². The molecular weight excluding hydrogens is 264 g/mol. The minimum atomic E-state index is 0.226. The Bertz CT molecular complexity index is 526. The van der Waals surface area contributed by atoms with Gasteiger partial charge in [-0.1, -0.05) is 31.5 Å². The standard InChI is InChI=1S/C14H17ClN2O2/c1-10(2)7-16-8-12-9-18-14(17-12)19-13-5-3-4-11(15)6-13/h3-6,9-10,16H,7-8H2,1-2H3. The van der Waals surface area contributed by atoms with Crippen LogP contribution in [0.1, 0.15) is 19.5 Å². The maximum absolute atomic E-state index is 5.87. The second-order valence-corrected chi connectivity index (χ2v) is 5.13. The van der Waals surface area contributed by atoms with E-state index in [2.05, 4.69) is 24.1 Å². The molecule has 5 heteroatoms. The summed E-state index contributed by atoms with van der Waals surface area (Å²) in [4.78, 5) is 4.24. The zero-order chi connectivity index (χ0) is 13.7. The van der Waals surface area contributed by atoms with Crippen molar-refractivity contribution in [3.63, 3.8) is 0 Å². The summed E-state index contributed by atoms with van der Waals surface area (Å²) < 4.78 is 10.7. The number of ether oxygens (including phenoxy) is 1. The molecule has 0 bridgehead atoms. The van der Waals surface area contributed by atoms with Crippen molar-refractivity contribution in [2.45, 2.75) is 20.4 Å². The molecule has 0 saturated heterocycles. The van der Waals surface area contributed by atoms with Gasteiger partial charge in [-0.2, -0.15) is 4.98 Å². The Morgan fingerprint density at radius 1 is 1.42 bits per heavy atom. The monoisotopic (exact) mass is 280 g/mol. The van der Waals surface area contributed by atoms with Crippen molar-refractivity contribution in [2.75, 3.05) is 6.54 Å². The Labute approximate surface area is 117 Å². The van der Waals surface area contributed by atoms with Gasteiger partial charge in [-0.3, -0.25) is 0 Å². The summed E-state index contributed by atoms with van der Waals surface area (Å²) in [5.41, 5.74) is 0.817. The lowest BCUT2D eigenvalue weighted by Crippen LogP contribution is -2.19. The number of nitrogens with one attached hydrogen (secondary N) is 1. The first-order valence-electron chi connectivity index (χ1n) is 6.22. The molecule has 19 heavy (non-hydrogen) atoms. The van der Waals surface area contributed by atoms with Gasteiger partial charge in [-0.15, -0.1) is 0 Å². The molecule has 0 aliphatic rings. The average molecular weight is 281 g/mol. The number of nitrogens with zero attached hydrogens (tertiary/aromatic N) is 1. The van der Waals surface area contributed by atoms with Crippen molar-refractivity contribution in [3.8, 4) is 11.8 Å². The van der Waals surface area contributed by atoms with Gasteiger partial charge in [0, 0.05) is 11.6 Å². The molecule has 102 valence electrons. The SMILES string of the molecule is CC(C)CNCc1coc(Oc2cccc(Cl)c2)n1. The fourth-order valence-corrected chi connectivity index (χ4v) is 1.72. The van der Waals surface area contributed by atoms with Crippen LogP contribution in [0.4, 0.5) is 0 Å². The van der Waals surface area contributed by atoms with Gasteiger partial charge in [-0.25, -0.2) is 0 Å². The molecule has 1 heterocycles. The molecule has 0 aliphatic heterocycles. The van der Waals surface area contributed by atoms with Gasteiger partial charge >= 0.3 is 6.08 Å². The summed E-state index contributed by atoms with van der Waals surface area (Å²) in [5.74, 6) is 1.21. The van der Waals surface area contributed by atoms with E-state index in [0.29, 0.717) is 23.2 Å². The fourth-order valence-electron chi connectivity index (χ4n) is 1.54. The van der Waals surface area contributed by atoms with Crippen LogP contribution in [0.3, 0.4) is 0 Å². The van der Waals surface area contributed by atoms with Gasteiger partial charge in [0.1, 0.15) is 12.0 Å². The van der Waals surface area contributed by atoms with E-state index in [1.54, 1.807) is 24.5 Å². The van der Waals surface area contributed by atoms with E-state index < -0.39 is 0 Å². The van der Waals surface area contributed by atoms with Crippen LogP contribution in [0.15, 0.2) is 34.9 Å². The van der Waals surface area contributed by atoms with E-state index in [9.17, 15) is 0 Å². The average Bonchev–Trinajstić information content (AvgIpc) is 2.76. The highest BCUT2D eigenvalue weighted by Gasteiger charge is 2.06. The van der Waals surface area contributed by atoms with Gasteiger partial charge < -0.3 is 14.5 Å². The van der Waals surface area contributed by atoms with Crippen LogP contribution in [0.5, 0.6) is 11.8 Å². The Balaban J connectivity index is 1.90. The predicted molar refractivity (Wildman–Crippen MR) is 74.6 cm³/mol. The zero-order valence-electron chi connectivity index (χ0n) is 11.0. The molecule has 0 aliphatic carbocycles. The van der Waals surface area contributed by atoms with Crippen LogP contribution in [0, 0.1) is 5.92 Å². The number of hydrogen-bond acceptors (Lipinski definition) is 4. The fraction of sp³-hybridized carbons (Fsp3) is 0.357. The first-order chi connectivity index (χ1) is 9.13. The summed E-state index contributed by atoms with van der Waals surface area (Å²) in [5, 5.41) is 3.90. The van der Waals surface area contributed by atoms with Crippen molar-refractivity contribution in [2.24, 2.45) is 5.92 Å². The number of halogens is 1. The van der Waals surface area contributed by atoms with Crippen LogP contribution in [-0.4, -0.2) is 11.5 Å². The Morgan fingerprint density at radius 3 is 3.00 bits per heavy atom. The topological polar surface area (TPSA) is 47.3 Å². The highest BCUT2D eigenvalue weighted by molar-refractivity contribution is 6.30. The molecule has 0 radical (unpaired) electrons. The van der Waals surface area contributed by atoms with Crippen molar-refractivity contribution in [1.29, 1.82) is 0 Å².